The Hall–Kier alpha value is -4.72. The molecule has 3 aromatic carbocycles. The minimum absolute atomic E-state index is 0.0254. The van der Waals surface area contributed by atoms with Gasteiger partial charge in [-0.25, -0.2) is 4.39 Å². The summed E-state index contributed by atoms with van der Waals surface area (Å²) in [6.07, 6.45) is 4.28. The van der Waals surface area contributed by atoms with Crippen LogP contribution in [0.15, 0.2) is 89.5 Å². The number of carbonyl (C=O) groups excluding carboxylic acids is 3. The molecule has 3 amide bonds. The lowest BCUT2D eigenvalue weighted by atomic mass is 9.89. The highest BCUT2D eigenvalue weighted by atomic mass is 32.2. The van der Waals surface area contributed by atoms with Crippen molar-refractivity contribution in [1.29, 1.82) is 5.26 Å². The van der Waals surface area contributed by atoms with Crippen molar-refractivity contribution in [1.82, 2.24) is 5.32 Å². The molecule has 228 valence electrons. The summed E-state index contributed by atoms with van der Waals surface area (Å²) in [7, 11) is 0. The molecule has 2 unspecified atom stereocenters. The molecule has 0 saturated carbocycles. The minimum atomic E-state index is -0.573. The van der Waals surface area contributed by atoms with Gasteiger partial charge in [0, 0.05) is 21.0 Å². The summed E-state index contributed by atoms with van der Waals surface area (Å²) < 4.78 is 13.5. The monoisotopic (exact) mass is 638 g/mol. The number of thioether (sulfide) groups is 1. The van der Waals surface area contributed by atoms with Crippen molar-refractivity contribution >= 4 is 57.6 Å². The molecule has 0 radical (unpaired) electrons. The molecule has 4 aromatic rings. The van der Waals surface area contributed by atoms with Crippen LogP contribution < -0.4 is 16.0 Å². The van der Waals surface area contributed by atoms with Gasteiger partial charge in [0.15, 0.2) is 0 Å². The Bertz CT molecular complexity index is 1800. The third-order valence-electron chi connectivity index (χ3n) is 7.34. The van der Waals surface area contributed by atoms with Gasteiger partial charge in [-0.2, -0.15) is 5.26 Å². The molecular weight excluding hydrogens is 608 g/mol. The van der Waals surface area contributed by atoms with Gasteiger partial charge in [0.1, 0.15) is 22.6 Å². The molecule has 0 saturated heterocycles. The molecule has 10 heteroatoms. The van der Waals surface area contributed by atoms with E-state index in [4.69, 9.17) is 0 Å². The number of thiophene rings is 1. The van der Waals surface area contributed by atoms with Crippen LogP contribution >= 0.6 is 23.1 Å². The Labute approximate surface area is 269 Å². The van der Waals surface area contributed by atoms with Crippen LogP contribution in [0.5, 0.6) is 0 Å². The molecule has 5 rings (SSSR count). The second kappa shape index (κ2) is 14.4. The lowest BCUT2D eigenvalue weighted by Gasteiger charge is -2.17. The number of amides is 3. The summed E-state index contributed by atoms with van der Waals surface area (Å²) in [5.41, 5.74) is 2.97. The summed E-state index contributed by atoms with van der Waals surface area (Å²) >= 11 is 2.81. The van der Waals surface area contributed by atoms with Gasteiger partial charge in [-0.1, -0.05) is 43.3 Å². The number of halogens is 1. The van der Waals surface area contributed by atoms with Crippen LogP contribution in [0.1, 0.15) is 52.2 Å². The number of benzene rings is 3. The van der Waals surface area contributed by atoms with E-state index in [0.29, 0.717) is 33.3 Å². The smallest absolute Gasteiger partial charge is 0.272 e. The maximum Gasteiger partial charge on any atom is 0.272 e. The van der Waals surface area contributed by atoms with Crippen LogP contribution in [0.3, 0.4) is 0 Å². The van der Waals surface area contributed by atoms with E-state index in [9.17, 15) is 24.0 Å². The quantitative estimate of drug-likeness (QED) is 0.131. The zero-order chi connectivity index (χ0) is 31.9. The normalized spacial score (nSPS) is 14.9. The lowest BCUT2D eigenvalue weighted by Crippen LogP contribution is -2.30. The van der Waals surface area contributed by atoms with Crippen molar-refractivity contribution in [2.45, 2.75) is 43.3 Å². The lowest BCUT2D eigenvalue weighted by molar-refractivity contribution is -0.115. The first-order chi connectivity index (χ1) is 21.7. The van der Waals surface area contributed by atoms with E-state index < -0.39 is 22.9 Å². The van der Waals surface area contributed by atoms with E-state index in [1.54, 1.807) is 55.5 Å². The predicted molar refractivity (Wildman–Crippen MR) is 178 cm³/mol. The molecule has 45 heavy (non-hydrogen) atoms. The van der Waals surface area contributed by atoms with Crippen LogP contribution in [0.25, 0.3) is 6.08 Å². The molecule has 2 atom stereocenters. The second-order valence-corrected chi connectivity index (χ2v) is 13.3. The number of rotatable bonds is 9. The van der Waals surface area contributed by atoms with Crippen LogP contribution in [0, 0.1) is 23.1 Å². The van der Waals surface area contributed by atoms with Crippen LogP contribution in [0.2, 0.25) is 0 Å². The molecule has 1 aliphatic carbocycles. The van der Waals surface area contributed by atoms with E-state index in [1.807, 2.05) is 6.07 Å². The van der Waals surface area contributed by atoms with Crippen LogP contribution in [-0.4, -0.2) is 23.0 Å². The number of fused-ring (bicyclic) bond motifs is 1. The standard InChI is InChI=1S/C35H31FN4O3S2/c1-21-11-16-28-29(20-37)35(45-31(28)17-21)40-32(41)22(2)44-27-10-6-9-26(19-27)38-34(43)30(18-23-12-14-25(36)15-13-23)39-33(42)24-7-4-3-5-8-24/h3-10,12-15,18-19,21-22H,11,16-17H2,1-2H3,(H,38,43)(H,39,42)(H,40,41)/b30-18+. The van der Waals surface area contributed by atoms with Gasteiger partial charge in [-0.05, 0) is 91.8 Å². The largest absolute Gasteiger partial charge is 0.321 e. The molecule has 0 spiro atoms. The Balaban J connectivity index is 1.28. The molecule has 0 aliphatic heterocycles. The van der Waals surface area contributed by atoms with Crippen molar-refractivity contribution in [2.75, 3.05) is 10.6 Å². The Morgan fingerprint density at radius 2 is 1.80 bits per heavy atom. The van der Waals surface area contributed by atoms with Crippen molar-refractivity contribution < 1.29 is 18.8 Å². The molecule has 1 aliphatic rings. The fourth-order valence-electron chi connectivity index (χ4n) is 4.94. The highest BCUT2D eigenvalue weighted by Crippen LogP contribution is 2.39. The minimum Gasteiger partial charge on any atom is -0.321 e. The van der Waals surface area contributed by atoms with Crippen LogP contribution in [0.4, 0.5) is 15.1 Å². The molecule has 0 fully saturated rings. The van der Waals surface area contributed by atoms with E-state index >= 15 is 0 Å². The first-order valence-corrected chi connectivity index (χ1v) is 16.2. The topological polar surface area (TPSA) is 111 Å². The average Bonchev–Trinajstić information content (AvgIpc) is 3.37. The third-order valence-corrected chi connectivity index (χ3v) is 9.61. The van der Waals surface area contributed by atoms with Gasteiger partial charge in [-0.15, -0.1) is 23.1 Å². The maximum absolute atomic E-state index is 13.5. The first-order valence-electron chi connectivity index (χ1n) is 14.5. The van der Waals surface area contributed by atoms with E-state index in [-0.39, 0.29) is 11.6 Å². The molecule has 1 heterocycles. The number of hydrogen-bond donors (Lipinski definition) is 3. The zero-order valence-electron chi connectivity index (χ0n) is 24.7. The first kappa shape index (κ1) is 31.7. The molecule has 3 N–H and O–H groups in total. The van der Waals surface area contributed by atoms with Gasteiger partial charge in [-0.3, -0.25) is 14.4 Å². The summed E-state index contributed by atoms with van der Waals surface area (Å²) in [6, 6.07) is 23.4. The van der Waals surface area contributed by atoms with Crippen molar-refractivity contribution in [2.24, 2.45) is 5.92 Å². The van der Waals surface area contributed by atoms with Gasteiger partial charge in [0.25, 0.3) is 11.8 Å². The second-order valence-electron chi connectivity index (χ2n) is 10.8. The molecule has 7 nitrogen and oxygen atoms in total. The summed E-state index contributed by atoms with van der Waals surface area (Å²) in [5.74, 6) is -1.12. The Kier molecular flexibility index (Phi) is 10.1. The number of carbonyl (C=O) groups is 3. The summed E-state index contributed by atoms with van der Waals surface area (Å²) in [4.78, 5) is 41.4. The SMILES string of the molecule is CC1CCc2c(sc(NC(=O)C(C)Sc3cccc(NC(=O)/C(=C\c4ccc(F)cc4)NC(=O)c4ccccc4)c3)c2C#N)C1. The highest BCUT2D eigenvalue weighted by molar-refractivity contribution is 8.00. The zero-order valence-corrected chi connectivity index (χ0v) is 26.4. The van der Waals surface area contributed by atoms with Crippen molar-refractivity contribution in [3.8, 4) is 6.07 Å². The number of nitrogens with one attached hydrogen (secondary N) is 3. The van der Waals surface area contributed by atoms with Gasteiger partial charge in [0.05, 0.1) is 10.8 Å². The number of nitriles is 1. The van der Waals surface area contributed by atoms with E-state index in [1.165, 1.54) is 58.3 Å². The molecule has 0 bridgehead atoms. The Morgan fingerprint density at radius 1 is 1.04 bits per heavy atom. The van der Waals surface area contributed by atoms with Crippen LogP contribution in [-0.2, 0) is 22.4 Å². The number of anilines is 2. The van der Waals surface area contributed by atoms with Crippen molar-refractivity contribution in [3.63, 3.8) is 0 Å². The predicted octanol–water partition coefficient (Wildman–Crippen LogP) is 7.41. The van der Waals surface area contributed by atoms with Gasteiger partial charge in [0.2, 0.25) is 5.91 Å². The van der Waals surface area contributed by atoms with E-state index in [0.717, 1.165) is 29.7 Å². The molecule has 1 aromatic heterocycles. The fourth-order valence-corrected chi connectivity index (χ4v) is 7.23. The fraction of sp³-hybridized carbons (Fsp3) is 0.200. The number of nitrogens with zero attached hydrogens (tertiary/aromatic N) is 1. The highest BCUT2D eigenvalue weighted by Gasteiger charge is 2.26. The third kappa shape index (κ3) is 8.06. The Morgan fingerprint density at radius 3 is 2.53 bits per heavy atom. The molecular formula is C35H31FN4O3S2. The number of hydrogen-bond acceptors (Lipinski definition) is 6. The van der Waals surface area contributed by atoms with Crippen molar-refractivity contribution in [3.05, 3.63) is 118 Å². The maximum atomic E-state index is 13.5. The van der Waals surface area contributed by atoms with Gasteiger partial charge < -0.3 is 16.0 Å². The van der Waals surface area contributed by atoms with Gasteiger partial charge >= 0.3 is 0 Å². The average molecular weight is 639 g/mol. The van der Waals surface area contributed by atoms with E-state index in [2.05, 4.69) is 28.9 Å². The summed E-state index contributed by atoms with van der Waals surface area (Å²) in [5, 5.41) is 18.4. The summed E-state index contributed by atoms with van der Waals surface area (Å²) in [6.45, 7) is 3.99.